The zero-order valence-electron chi connectivity index (χ0n) is 8.00. The fraction of sp³-hybridized carbons (Fsp3) is 0.455. The molecule has 1 N–H and O–H groups in total. The van der Waals surface area contributed by atoms with Gasteiger partial charge in [-0.1, -0.05) is 31.2 Å². The number of alkyl halides is 1. The molecule has 0 saturated heterocycles. The van der Waals surface area contributed by atoms with E-state index in [9.17, 15) is 4.39 Å². The summed E-state index contributed by atoms with van der Waals surface area (Å²) in [5.74, 6) is 0.0821. The second-order valence-electron chi connectivity index (χ2n) is 3.37. The van der Waals surface area contributed by atoms with Gasteiger partial charge in [-0.3, -0.25) is 0 Å². The third kappa shape index (κ3) is 2.52. The van der Waals surface area contributed by atoms with Crippen LogP contribution in [0.4, 0.5) is 4.39 Å². The Balaban J connectivity index is 2.91. The summed E-state index contributed by atoms with van der Waals surface area (Å²) in [5.41, 5.74) is 1.67. The largest absolute Gasteiger partial charge is 0.396 e. The number of rotatable bonds is 3. The minimum atomic E-state index is -0.939. The quantitative estimate of drug-likeness (QED) is 0.762. The van der Waals surface area contributed by atoms with E-state index in [0.29, 0.717) is 5.56 Å². The van der Waals surface area contributed by atoms with Crippen molar-refractivity contribution in [2.75, 3.05) is 6.61 Å². The molecule has 0 radical (unpaired) electrons. The summed E-state index contributed by atoms with van der Waals surface area (Å²) >= 11 is 0. The Morgan fingerprint density at radius 2 is 1.92 bits per heavy atom. The standard InChI is InChI=1S/C11H15FO/c1-8(7-13)10-4-3-5-11(6-10)9(2)12/h3-6,8-9,13H,7H2,1-2H3. The number of aliphatic hydroxyl groups excluding tert-OH is 1. The van der Waals surface area contributed by atoms with E-state index in [1.807, 2.05) is 25.1 Å². The van der Waals surface area contributed by atoms with Crippen LogP contribution in [0, 0.1) is 0 Å². The summed E-state index contributed by atoms with van der Waals surface area (Å²) in [4.78, 5) is 0. The van der Waals surface area contributed by atoms with Crippen LogP contribution in [0.5, 0.6) is 0 Å². The monoisotopic (exact) mass is 182 g/mol. The lowest BCUT2D eigenvalue weighted by Gasteiger charge is -2.10. The van der Waals surface area contributed by atoms with Crippen molar-refractivity contribution in [2.24, 2.45) is 0 Å². The second kappa shape index (κ2) is 4.38. The maximum Gasteiger partial charge on any atom is 0.122 e. The van der Waals surface area contributed by atoms with Crippen molar-refractivity contribution in [1.29, 1.82) is 0 Å². The van der Waals surface area contributed by atoms with E-state index < -0.39 is 6.17 Å². The molecule has 0 heterocycles. The van der Waals surface area contributed by atoms with Crippen LogP contribution in [0.3, 0.4) is 0 Å². The van der Waals surface area contributed by atoms with Crippen molar-refractivity contribution < 1.29 is 9.50 Å². The molecule has 1 aromatic carbocycles. The van der Waals surface area contributed by atoms with Gasteiger partial charge in [0.25, 0.3) is 0 Å². The molecule has 0 fully saturated rings. The lowest BCUT2D eigenvalue weighted by Crippen LogP contribution is -1.99. The highest BCUT2D eigenvalue weighted by Crippen LogP contribution is 2.21. The van der Waals surface area contributed by atoms with Crippen molar-refractivity contribution in [1.82, 2.24) is 0 Å². The molecule has 0 aromatic heterocycles. The normalized spacial score (nSPS) is 15.4. The average Bonchev–Trinajstić information content (AvgIpc) is 2.17. The maximum atomic E-state index is 12.9. The van der Waals surface area contributed by atoms with Crippen molar-refractivity contribution in [3.8, 4) is 0 Å². The van der Waals surface area contributed by atoms with Crippen LogP contribution in [-0.2, 0) is 0 Å². The van der Waals surface area contributed by atoms with E-state index in [1.165, 1.54) is 6.92 Å². The van der Waals surface area contributed by atoms with Gasteiger partial charge in [0.15, 0.2) is 0 Å². The van der Waals surface area contributed by atoms with E-state index in [1.54, 1.807) is 6.07 Å². The topological polar surface area (TPSA) is 20.2 Å². The van der Waals surface area contributed by atoms with Crippen molar-refractivity contribution in [2.45, 2.75) is 25.9 Å². The van der Waals surface area contributed by atoms with Crippen LogP contribution in [0.1, 0.15) is 37.1 Å². The molecule has 0 aliphatic heterocycles. The minimum absolute atomic E-state index is 0.0821. The first-order valence-corrected chi connectivity index (χ1v) is 4.50. The summed E-state index contributed by atoms with van der Waals surface area (Å²) in [5, 5.41) is 8.92. The molecule has 0 amide bonds. The van der Waals surface area contributed by atoms with E-state index in [0.717, 1.165) is 5.56 Å². The molecular formula is C11H15FO. The number of benzene rings is 1. The zero-order chi connectivity index (χ0) is 9.84. The van der Waals surface area contributed by atoms with Gasteiger partial charge in [0, 0.05) is 12.5 Å². The summed E-state index contributed by atoms with van der Waals surface area (Å²) in [6.45, 7) is 3.54. The van der Waals surface area contributed by atoms with Gasteiger partial charge in [-0.2, -0.15) is 0 Å². The Kier molecular flexibility index (Phi) is 3.43. The average molecular weight is 182 g/mol. The Bertz CT molecular complexity index is 271. The van der Waals surface area contributed by atoms with Crippen LogP contribution in [0.2, 0.25) is 0 Å². The van der Waals surface area contributed by atoms with Crippen LogP contribution in [0.15, 0.2) is 24.3 Å². The number of aliphatic hydroxyl groups is 1. The van der Waals surface area contributed by atoms with Crippen molar-refractivity contribution >= 4 is 0 Å². The summed E-state index contributed by atoms with van der Waals surface area (Å²) in [7, 11) is 0. The maximum absolute atomic E-state index is 12.9. The first-order chi connectivity index (χ1) is 6.15. The van der Waals surface area contributed by atoms with E-state index >= 15 is 0 Å². The van der Waals surface area contributed by atoms with E-state index in [-0.39, 0.29) is 12.5 Å². The number of halogens is 1. The molecule has 2 heteroatoms. The van der Waals surface area contributed by atoms with Gasteiger partial charge in [0.2, 0.25) is 0 Å². The SMILES string of the molecule is CC(F)c1cccc(C(C)CO)c1. The van der Waals surface area contributed by atoms with Crippen molar-refractivity contribution in [3.63, 3.8) is 0 Å². The van der Waals surface area contributed by atoms with E-state index in [2.05, 4.69) is 0 Å². The van der Waals surface area contributed by atoms with E-state index in [4.69, 9.17) is 5.11 Å². The first kappa shape index (κ1) is 10.2. The highest BCUT2D eigenvalue weighted by atomic mass is 19.1. The Hall–Kier alpha value is -0.890. The second-order valence-corrected chi connectivity index (χ2v) is 3.37. The lowest BCUT2D eigenvalue weighted by molar-refractivity contribution is 0.273. The predicted octanol–water partition coefficient (Wildman–Crippen LogP) is 2.81. The summed E-state index contributed by atoms with van der Waals surface area (Å²) < 4.78 is 12.9. The van der Waals surface area contributed by atoms with Crippen LogP contribution < -0.4 is 0 Å². The molecule has 2 atom stereocenters. The van der Waals surface area contributed by atoms with Gasteiger partial charge < -0.3 is 5.11 Å². The number of hydrogen-bond donors (Lipinski definition) is 1. The van der Waals surface area contributed by atoms with Crippen LogP contribution >= 0.6 is 0 Å². The molecule has 1 aromatic rings. The van der Waals surface area contributed by atoms with Crippen LogP contribution in [-0.4, -0.2) is 11.7 Å². The van der Waals surface area contributed by atoms with Crippen LogP contribution in [0.25, 0.3) is 0 Å². The molecule has 1 nitrogen and oxygen atoms in total. The molecule has 13 heavy (non-hydrogen) atoms. The molecule has 0 aliphatic rings. The van der Waals surface area contributed by atoms with Crippen molar-refractivity contribution in [3.05, 3.63) is 35.4 Å². The first-order valence-electron chi connectivity index (χ1n) is 4.50. The Labute approximate surface area is 78.2 Å². The number of hydrogen-bond acceptors (Lipinski definition) is 1. The fourth-order valence-corrected chi connectivity index (χ4v) is 1.22. The Morgan fingerprint density at radius 3 is 2.46 bits per heavy atom. The molecule has 0 saturated carbocycles. The molecule has 1 rings (SSSR count). The lowest BCUT2D eigenvalue weighted by atomic mass is 9.99. The van der Waals surface area contributed by atoms with Gasteiger partial charge in [-0.25, -0.2) is 4.39 Å². The molecule has 2 unspecified atom stereocenters. The smallest absolute Gasteiger partial charge is 0.122 e. The van der Waals surface area contributed by atoms with Gasteiger partial charge in [0.1, 0.15) is 6.17 Å². The molecule has 72 valence electrons. The van der Waals surface area contributed by atoms with Gasteiger partial charge >= 0.3 is 0 Å². The highest BCUT2D eigenvalue weighted by Gasteiger charge is 2.07. The van der Waals surface area contributed by atoms with Gasteiger partial charge in [-0.15, -0.1) is 0 Å². The van der Waals surface area contributed by atoms with Gasteiger partial charge in [-0.05, 0) is 18.1 Å². The fourth-order valence-electron chi connectivity index (χ4n) is 1.22. The van der Waals surface area contributed by atoms with Gasteiger partial charge in [0.05, 0.1) is 0 Å². The third-order valence-corrected chi connectivity index (χ3v) is 2.21. The zero-order valence-corrected chi connectivity index (χ0v) is 8.00. The predicted molar refractivity (Wildman–Crippen MR) is 51.5 cm³/mol. The summed E-state index contributed by atoms with van der Waals surface area (Å²) in [6, 6.07) is 7.31. The molecule has 0 spiro atoms. The third-order valence-electron chi connectivity index (χ3n) is 2.21. The molecule has 0 bridgehead atoms. The Morgan fingerprint density at radius 1 is 1.31 bits per heavy atom. The highest BCUT2D eigenvalue weighted by molar-refractivity contribution is 5.27. The minimum Gasteiger partial charge on any atom is -0.396 e. The molecular weight excluding hydrogens is 167 g/mol. The summed E-state index contributed by atoms with van der Waals surface area (Å²) in [6.07, 6.45) is -0.939. The molecule has 0 aliphatic carbocycles.